The molecule has 8 heteroatoms. The van der Waals surface area contributed by atoms with E-state index in [-0.39, 0.29) is 17.7 Å². The second-order valence-electron chi connectivity index (χ2n) is 7.40. The Labute approximate surface area is 188 Å². The molecule has 0 aromatic heterocycles. The summed E-state index contributed by atoms with van der Waals surface area (Å²) < 4.78 is 15.9. The number of hydrogen-bond donors (Lipinski definition) is 1. The Balaban J connectivity index is 1.50. The molecule has 1 aliphatic rings. The first kappa shape index (κ1) is 23.1. The number of amides is 2. The molecule has 1 fully saturated rings. The van der Waals surface area contributed by atoms with E-state index >= 15 is 0 Å². The van der Waals surface area contributed by atoms with Crippen LogP contribution in [0.3, 0.4) is 0 Å². The fourth-order valence-corrected chi connectivity index (χ4v) is 3.54. The average molecular weight is 440 g/mol. The Morgan fingerprint density at radius 3 is 2.22 bits per heavy atom. The number of hydrogen-bond acceptors (Lipinski definition) is 6. The quantitative estimate of drug-likeness (QED) is 0.504. The molecule has 0 unspecified atom stereocenters. The molecule has 8 nitrogen and oxygen atoms in total. The first-order chi connectivity index (χ1) is 15.5. The summed E-state index contributed by atoms with van der Waals surface area (Å²) in [6.45, 7) is 3.54. The van der Waals surface area contributed by atoms with Crippen molar-refractivity contribution in [3.63, 3.8) is 0 Å². The summed E-state index contributed by atoms with van der Waals surface area (Å²) in [5, 5.41) is 4.06. The van der Waals surface area contributed by atoms with Crippen LogP contribution in [0.4, 0.5) is 0 Å². The van der Waals surface area contributed by atoms with Crippen molar-refractivity contribution in [2.75, 3.05) is 33.9 Å². The normalized spacial score (nSPS) is 14.3. The first-order valence-electron chi connectivity index (χ1n) is 10.6. The zero-order chi connectivity index (χ0) is 22.9. The van der Waals surface area contributed by atoms with Crippen molar-refractivity contribution < 1.29 is 23.8 Å². The van der Waals surface area contributed by atoms with Crippen LogP contribution in [-0.4, -0.2) is 56.8 Å². The topological polar surface area (TPSA) is 89.5 Å². The number of ether oxygens (including phenoxy) is 3. The van der Waals surface area contributed by atoms with Crippen LogP contribution >= 0.6 is 0 Å². The molecular formula is C24H29N3O5. The zero-order valence-corrected chi connectivity index (χ0v) is 18.7. The lowest BCUT2D eigenvalue weighted by atomic mass is 9.95. The first-order valence-corrected chi connectivity index (χ1v) is 10.6. The molecule has 0 atom stereocenters. The Bertz CT molecular complexity index is 928. The predicted octanol–water partition coefficient (Wildman–Crippen LogP) is 3.11. The SMILES string of the molecule is CCOc1ccc(/C=N\NC(=O)C2CCN(C(=O)c3cc(OC)cc(OC)c3)CC2)cc1. The molecule has 170 valence electrons. The van der Waals surface area contributed by atoms with Crippen molar-refractivity contribution >= 4 is 18.0 Å². The van der Waals surface area contributed by atoms with E-state index in [0.717, 1.165) is 11.3 Å². The van der Waals surface area contributed by atoms with E-state index in [2.05, 4.69) is 10.5 Å². The maximum atomic E-state index is 12.9. The second-order valence-corrected chi connectivity index (χ2v) is 7.40. The third-order valence-electron chi connectivity index (χ3n) is 5.33. The fourth-order valence-electron chi connectivity index (χ4n) is 3.54. The van der Waals surface area contributed by atoms with E-state index in [0.29, 0.717) is 49.6 Å². The lowest BCUT2D eigenvalue weighted by Crippen LogP contribution is -2.42. The van der Waals surface area contributed by atoms with E-state index in [4.69, 9.17) is 14.2 Å². The van der Waals surface area contributed by atoms with Crippen LogP contribution in [0, 0.1) is 5.92 Å². The highest BCUT2D eigenvalue weighted by Crippen LogP contribution is 2.25. The van der Waals surface area contributed by atoms with E-state index < -0.39 is 0 Å². The molecule has 1 aliphatic heterocycles. The minimum atomic E-state index is -0.184. The molecule has 32 heavy (non-hydrogen) atoms. The molecular weight excluding hydrogens is 410 g/mol. The predicted molar refractivity (Wildman–Crippen MR) is 122 cm³/mol. The number of nitrogens with one attached hydrogen (secondary N) is 1. The van der Waals surface area contributed by atoms with Gasteiger partial charge in [0.15, 0.2) is 0 Å². The third kappa shape index (κ3) is 6.00. The van der Waals surface area contributed by atoms with Crippen molar-refractivity contribution in [2.45, 2.75) is 19.8 Å². The van der Waals surface area contributed by atoms with Gasteiger partial charge in [0.25, 0.3) is 5.91 Å². The number of hydrazone groups is 1. The van der Waals surface area contributed by atoms with Crippen molar-refractivity contribution in [1.29, 1.82) is 0 Å². The van der Waals surface area contributed by atoms with Crippen LogP contribution in [0.5, 0.6) is 17.2 Å². The van der Waals surface area contributed by atoms with E-state index in [9.17, 15) is 9.59 Å². The molecule has 0 aliphatic carbocycles. The summed E-state index contributed by atoms with van der Waals surface area (Å²) in [6.07, 6.45) is 2.76. The van der Waals surface area contributed by atoms with Crippen molar-refractivity contribution in [1.82, 2.24) is 10.3 Å². The molecule has 0 spiro atoms. The number of benzene rings is 2. The lowest BCUT2D eigenvalue weighted by molar-refractivity contribution is -0.126. The van der Waals surface area contributed by atoms with Crippen LogP contribution < -0.4 is 19.6 Å². The highest BCUT2D eigenvalue weighted by atomic mass is 16.5. The summed E-state index contributed by atoms with van der Waals surface area (Å²) in [4.78, 5) is 27.1. The van der Waals surface area contributed by atoms with Crippen LogP contribution in [0.2, 0.25) is 0 Å². The Hall–Kier alpha value is -3.55. The second kappa shape index (κ2) is 11.2. The van der Waals surface area contributed by atoms with E-state index in [1.807, 2.05) is 31.2 Å². The molecule has 3 rings (SSSR count). The maximum Gasteiger partial charge on any atom is 0.254 e. The zero-order valence-electron chi connectivity index (χ0n) is 18.7. The van der Waals surface area contributed by atoms with Crippen LogP contribution in [0.25, 0.3) is 0 Å². The monoisotopic (exact) mass is 439 g/mol. The van der Waals surface area contributed by atoms with Crippen molar-refractivity contribution in [3.05, 3.63) is 53.6 Å². The molecule has 1 N–H and O–H groups in total. The largest absolute Gasteiger partial charge is 0.497 e. The Kier molecular flexibility index (Phi) is 8.08. The number of carbonyl (C=O) groups is 2. The van der Waals surface area contributed by atoms with Gasteiger partial charge in [-0.3, -0.25) is 9.59 Å². The van der Waals surface area contributed by atoms with E-state index in [1.54, 1.807) is 43.5 Å². The minimum Gasteiger partial charge on any atom is -0.497 e. The number of likely N-dealkylation sites (tertiary alicyclic amines) is 1. The van der Waals surface area contributed by atoms with Gasteiger partial charge in [-0.15, -0.1) is 0 Å². The van der Waals surface area contributed by atoms with Gasteiger partial charge in [-0.05, 0) is 61.7 Å². The number of methoxy groups -OCH3 is 2. The highest BCUT2D eigenvalue weighted by Gasteiger charge is 2.28. The van der Waals surface area contributed by atoms with Gasteiger partial charge in [0.05, 0.1) is 27.0 Å². The van der Waals surface area contributed by atoms with Gasteiger partial charge in [-0.2, -0.15) is 5.10 Å². The van der Waals surface area contributed by atoms with Crippen LogP contribution in [-0.2, 0) is 4.79 Å². The molecule has 1 saturated heterocycles. The minimum absolute atomic E-state index is 0.102. The average Bonchev–Trinajstić information content (AvgIpc) is 2.84. The number of nitrogens with zero attached hydrogens (tertiary/aromatic N) is 2. The smallest absolute Gasteiger partial charge is 0.254 e. The summed E-state index contributed by atoms with van der Waals surface area (Å²) in [5.74, 6) is 1.50. The van der Waals surface area contributed by atoms with Gasteiger partial charge in [-0.25, -0.2) is 5.43 Å². The summed E-state index contributed by atoms with van der Waals surface area (Å²) >= 11 is 0. The standard InChI is InChI=1S/C24H29N3O5/c1-4-32-20-7-5-17(6-8-20)16-25-26-23(28)18-9-11-27(12-10-18)24(29)19-13-21(30-2)15-22(14-19)31-3/h5-8,13-16,18H,4,9-12H2,1-3H3,(H,26,28)/b25-16-. The van der Waals surface area contributed by atoms with Gasteiger partial charge < -0.3 is 19.1 Å². The van der Waals surface area contributed by atoms with E-state index in [1.165, 1.54) is 0 Å². The number of piperidine rings is 1. The fraction of sp³-hybridized carbons (Fsp3) is 0.375. The van der Waals surface area contributed by atoms with Gasteiger partial charge in [0.2, 0.25) is 5.91 Å². The summed E-state index contributed by atoms with van der Waals surface area (Å²) in [5.41, 5.74) is 3.98. The number of carbonyl (C=O) groups excluding carboxylic acids is 2. The third-order valence-corrected chi connectivity index (χ3v) is 5.33. The Morgan fingerprint density at radius 1 is 1.03 bits per heavy atom. The molecule has 2 aromatic rings. The summed E-state index contributed by atoms with van der Waals surface area (Å²) in [7, 11) is 3.09. The number of rotatable bonds is 8. The van der Waals surface area contributed by atoms with Crippen LogP contribution in [0.1, 0.15) is 35.7 Å². The Morgan fingerprint density at radius 2 is 1.66 bits per heavy atom. The lowest BCUT2D eigenvalue weighted by Gasteiger charge is -2.31. The van der Waals surface area contributed by atoms with Crippen molar-refractivity contribution in [2.24, 2.45) is 11.0 Å². The maximum absolute atomic E-state index is 12.9. The molecule has 0 bridgehead atoms. The van der Waals surface area contributed by atoms with Gasteiger partial charge in [0, 0.05) is 30.6 Å². The van der Waals surface area contributed by atoms with Gasteiger partial charge >= 0.3 is 0 Å². The molecule has 2 aromatic carbocycles. The molecule has 0 radical (unpaired) electrons. The molecule has 2 amide bonds. The summed E-state index contributed by atoms with van der Waals surface area (Å²) in [6, 6.07) is 12.6. The molecule has 1 heterocycles. The van der Waals surface area contributed by atoms with Gasteiger partial charge in [0.1, 0.15) is 17.2 Å². The van der Waals surface area contributed by atoms with Crippen LogP contribution in [0.15, 0.2) is 47.6 Å². The van der Waals surface area contributed by atoms with Gasteiger partial charge in [-0.1, -0.05) is 0 Å². The van der Waals surface area contributed by atoms with Crippen molar-refractivity contribution in [3.8, 4) is 17.2 Å². The molecule has 0 saturated carbocycles. The highest BCUT2D eigenvalue weighted by molar-refractivity contribution is 5.95.